The molecule has 1 fully saturated rings. The molecule has 0 aliphatic carbocycles. The van der Waals surface area contributed by atoms with Gasteiger partial charge in [0.25, 0.3) is 0 Å². The van der Waals surface area contributed by atoms with Gasteiger partial charge in [0.05, 0.1) is 0 Å². The summed E-state index contributed by atoms with van der Waals surface area (Å²) in [5.74, 6) is 0.189. The second-order valence-electron chi connectivity index (χ2n) is 4.08. The smallest absolute Gasteiger partial charge is 0.223 e. The van der Waals surface area contributed by atoms with Gasteiger partial charge in [0, 0.05) is 39.1 Å². The van der Waals surface area contributed by atoms with E-state index in [4.69, 9.17) is 0 Å². The SMILES string of the molecule is CN(C)CCC(=O)N1CCN(C=O)CC1. The van der Waals surface area contributed by atoms with Crippen LogP contribution in [0.5, 0.6) is 0 Å². The largest absolute Gasteiger partial charge is 0.342 e. The maximum absolute atomic E-state index is 11.7. The molecular weight excluding hydrogens is 194 g/mol. The van der Waals surface area contributed by atoms with Crippen LogP contribution in [0.15, 0.2) is 0 Å². The molecule has 1 saturated heterocycles. The average molecular weight is 213 g/mol. The van der Waals surface area contributed by atoms with E-state index in [0.29, 0.717) is 32.6 Å². The third kappa shape index (κ3) is 3.87. The maximum atomic E-state index is 11.7. The Labute approximate surface area is 90.6 Å². The van der Waals surface area contributed by atoms with E-state index in [9.17, 15) is 9.59 Å². The molecule has 0 atom stereocenters. The molecule has 5 heteroatoms. The first-order valence-electron chi connectivity index (χ1n) is 5.25. The molecule has 0 aromatic carbocycles. The topological polar surface area (TPSA) is 43.9 Å². The Balaban J connectivity index is 2.27. The fraction of sp³-hybridized carbons (Fsp3) is 0.800. The van der Waals surface area contributed by atoms with Crippen LogP contribution < -0.4 is 0 Å². The van der Waals surface area contributed by atoms with Crippen molar-refractivity contribution in [3.63, 3.8) is 0 Å². The molecule has 0 bridgehead atoms. The van der Waals surface area contributed by atoms with Gasteiger partial charge in [0.15, 0.2) is 0 Å². The zero-order valence-electron chi connectivity index (χ0n) is 9.48. The minimum atomic E-state index is 0.189. The second-order valence-corrected chi connectivity index (χ2v) is 4.08. The van der Waals surface area contributed by atoms with Crippen LogP contribution in [0.1, 0.15) is 6.42 Å². The highest BCUT2D eigenvalue weighted by Crippen LogP contribution is 2.02. The minimum Gasteiger partial charge on any atom is -0.342 e. The first kappa shape index (κ1) is 12.0. The number of carbonyl (C=O) groups is 2. The molecule has 1 aliphatic heterocycles. The van der Waals surface area contributed by atoms with Crippen LogP contribution in [0.25, 0.3) is 0 Å². The third-order valence-electron chi connectivity index (χ3n) is 2.59. The van der Waals surface area contributed by atoms with Crippen molar-refractivity contribution in [2.24, 2.45) is 0 Å². The molecule has 86 valence electrons. The molecule has 1 heterocycles. The summed E-state index contributed by atoms with van der Waals surface area (Å²) in [4.78, 5) is 27.7. The van der Waals surface area contributed by atoms with Gasteiger partial charge in [0.2, 0.25) is 12.3 Å². The molecule has 0 radical (unpaired) electrons. The van der Waals surface area contributed by atoms with Gasteiger partial charge >= 0.3 is 0 Å². The summed E-state index contributed by atoms with van der Waals surface area (Å²) in [6, 6.07) is 0. The van der Waals surface area contributed by atoms with E-state index in [1.54, 1.807) is 4.90 Å². The van der Waals surface area contributed by atoms with Gasteiger partial charge in [-0.05, 0) is 14.1 Å². The van der Waals surface area contributed by atoms with Crippen LogP contribution >= 0.6 is 0 Å². The molecule has 0 spiro atoms. The molecule has 2 amide bonds. The maximum Gasteiger partial charge on any atom is 0.223 e. The van der Waals surface area contributed by atoms with Crippen LogP contribution in [0.4, 0.5) is 0 Å². The summed E-state index contributed by atoms with van der Waals surface area (Å²) >= 11 is 0. The van der Waals surface area contributed by atoms with Crippen LogP contribution in [0.2, 0.25) is 0 Å². The normalized spacial score (nSPS) is 17.0. The quantitative estimate of drug-likeness (QED) is 0.577. The summed E-state index contributed by atoms with van der Waals surface area (Å²) in [5.41, 5.74) is 0. The van der Waals surface area contributed by atoms with E-state index < -0.39 is 0 Å². The first-order valence-corrected chi connectivity index (χ1v) is 5.25. The Hall–Kier alpha value is -1.10. The van der Waals surface area contributed by atoms with Crippen LogP contribution in [-0.2, 0) is 9.59 Å². The van der Waals surface area contributed by atoms with Crippen molar-refractivity contribution in [3.05, 3.63) is 0 Å². The van der Waals surface area contributed by atoms with Gasteiger partial charge in [-0.2, -0.15) is 0 Å². The summed E-state index contributed by atoms with van der Waals surface area (Å²) in [6.45, 7) is 3.46. The van der Waals surface area contributed by atoms with E-state index in [1.807, 2.05) is 23.9 Å². The number of piperazine rings is 1. The van der Waals surface area contributed by atoms with Gasteiger partial charge < -0.3 is 14.7 Å². The molecule has 15 heavy (non-hydrogen) atoms. The summed E-state index contributed by atoms with van der Waals surface area (Å²) in [5, 5.41) is 0. The Bertz CT molecular complexity index is 223. The van der Waals surface area contributed by atoms with Gasteiger partial charge in [-0.25, -0.2) is 0 Å². The van der Waals surface area contributed by atoms with Crippen LogP contribution in [-0.4, -0.2) is 73.8 Å². The van der Waals surface area contributed by atoms with E-state index in [0.717, 1.165) is 13.0 Å². The molecule has 0 saturated carbocycles. The van der Waals surface area contributed by atoms with Crippen molar-refractivity contribution >= 4 is 12.3 Å². The van der Waals surface area contributed by atoms with Crippen LogP contribution in [0.3, 0.4) is 0 Å². The van der Waals surface area contributed by atoms with Crippen molar-refractivity contribution in [3.8, 4) is 0 Å². The molecule has 1 aliphatic rings. The number of hydrogen-bond acceptors (Lipinski definition) is 3. The Morgan fingerprint density at radius 1 is 1.27 bits per heavy atom. The molecule has 0 aromatic heterocycles. The number of hydrogen-bond donors (Lipinski definition) is 0. The van der Waals surface area contributed by atoms with Gasteiger partial charge in [-0.3, -0.25) is 9.59 Å². The lowest BCUT2D eigenvalue weighted by atomic mass is 10.3. The molecule has 0 aromatic rings. The lowest BCUT2D eigenvalue weighted by Gasteiger charge is -2.32. The summed E-state index contributed by atoms with van der Waals surface area (Å²) in [6.07, 6.45) is 1.41. The number of amides is 2. The fourth-order valence-electron chi connectivity index (χ4n) is 1.55. The zero-order chi connectivity index (χ0) is 11.3. The lowest BCUT2D eigenvalue weighted by Crippen LogP contribution is -2.48. The van der Waals surface area contributed by atoms with Crippen molar-refractivity contribution in [1.29, 1.82) is 0 Å². The highest BCUT2D eigenvalue weighted by atomic mass is 16.2. The van der Waals surface area contributed by atoms with E-state index in [-0.39, 0.29) is 5.91 Å². The van der Waals surface area contributed by atoms with Crippen molar-refractivity contribution in [1.82, 2.24) is 14.7 Å². The summed E-state index contributed by atoms with van der Waals surface area (Å²) in [7, 11) is 3.91. The van der Waals surface area contributed by atoms with Crippen molar-refractivity contribution in [2.45, 2.75) is 6.42 Å². The van der Waals surface area contributed by atoms with Crippen molar-refractivity contribution in [2.75, 3.05) is 46.8 Å². The molecular formula is C10H19N3O2. The monoisotopic (exact) mass is 213 g/mol. The fourth-order valence-corrected chi connectivity index (χ4v) is 1.55. The molecule has 1 rings (SSSR count). The van der Waals surface area contributed by atoms with Crippen LogP contribution in [0, 0.1) is 0 Å². The van der Waals surface area contributed by atoms with E-state index >= 15 is 0 Å². The van der Waals surface area contributed by atoms with E-state index in [1.165, 1.54) is 0 Å². The van der Waals surface area contributed by atoms with Crippen molar-refractivity contribution < 1.29 is 9.59 Å². The molecule has 5 nitrogen and oxygen atoms in total. The Kier molecular flexibility index (Phi) is 4.55. The van der Waals surface area contributed by atoms with Gasteiger partial charge in [-0.1, -0.05) is 0 Å². The lowest BCUT2D eigenvalue weighted by molar-refractivity contribution is -0.135. The van der Waals surface area contributed by atoms with E-state index in [2.05, 4.69) is 0 Å². The summed E-state index contributed by atoms with van der Waals surface area (Å²) < 4.78 is 0. The standard InChI is InChI=1S/C10H19N3O2/c1-11(2)4-3-10(15)13-7-5-12(9-14)6-8-13/h9H,3-8H2,1-2H3. The number of nitrogens with zero attached hydrogens (tertiary/aromatic N) is 3. The predicted molar refractivity (Wildman–Crippen MR) is 57.4 cm³/mol. The zero-order valence-corrected chi connectivity index (χ0v) is 9.48. The third-order valence-corrected chi connectivity index (χ3v) is 2.59. The van der Waals surface area contributed by atoms with Gasteiger partial charge in [-0.15, -0.1) is 0 Å². The Morgan fingerprint density at radius 2 is 1.87 bits per heavy atom. The first-order chi connectivity index (χ1) is 7.13. The minimum absolute atomic E-state index is 0.189. The van der Waals surface area contributed by atoms with Gasteiger partial charge in [0.1, 0.15) is 0 Å². The predicted octanol–water partition coefficient (Wildman–Crippen LogP) is -0.761. The number of rotatable bonds is 4. The number of carbonyl (C=O) groups excluding carboxylic acids is 2. The molecule has 0 unspecified atom stereocenters. The second kappa shape index (κ2) is 5.70. The highest BCUT2D eigenvalue weighted by Gasteiger charge is 2.19. The Morgan fingerprint density at radius 3 is 2.33 bits per heavy atom. The molecule has 0 N–H and O–H groups in total. The highest BCUT2D eigenvalue weighted by molar-refractivity contribution is 5.76. The average Bonchev–Trinajstić information content (AvgIpc) is 2.26.